The molecule has 0 atom stereocenters. The van der Waals surface area contributed by atoms with Crippen molar-refractivity contribution in [2.75, 3.05) is 5.32 Å². The van der Waals surface area contributed by atoms with Crippen molar-refractivity contribution in [3.05, 3.63) is 68.4 Å². The molecule has 170 valence electrons. The topological polar surface area (TPSA) is 108 Å². The van der Waals surface area contributed by atoms with E-state index in [0.717, 1.165) is 4.68 Å². The zero-order chi connectivity index (χ0) is 23.7. The Bertz CT molecular complexity index is 1190. The fourth-order valence-electron chi connectivity index (χ4n) is 2.96. The third kappa shape index (κ3) is 4.29. The molecular weight excluding hydrogens is 443 g/mol. The summed E-state index contributed by atoms with van der Waals surface area (Å²) in [5.74, 6) is -11.2. The molecule has 14 heteroatoms. The van der Waals surface area contributed by atoms with Gasteiger partial charge in [0, 0.05) is 6.42 Å². The number of carbonyl (C=O) groups is 1. The predicted octanol–water partition coefficient (Wildman–Crippen LogP) is 3.38. The molecular formula is C18H15F5N6O3. The van der Waals surface area contributed by atoms with Crippen LogP contribution in [0.15, 0.2) is 12.3 Å². The highest BCUT2D eigenvalue weighted by molar-refractivity contribution is 5.91. The first-order valence-electron chi connectivity index (χ1n) is 9.03. The largest absolute Gasteiger partial charge is 0.389 e. The van der Waals surface area contributed by atoms with Gasteiger partial charge >= 0.3 is 5.82 Å². The number of nitro groups is 1. The van der Waals surface area contributed by atoms with Crippen LogP contribution in [0.5, 0.6) is 0 Å². The number of amides is 1. The molecule has 0 fully saturated rings. The number of rotatable bonds is 7. The maximum Gasteiger partial charge on any atom is 0.389 e. The van der Waals surface area contributed by atoms with Crippen molar-refractivity contribution in [3.8, 4) is 0 Å². The fraction of sp³-hybridized carbons (Fsp3) is 0.278. The Balaban J connectivity index is 1.75. The van der Waals surface area contributed by atoms with Gasteiger partial charge in [-0.25, -0.2) is 22.0 Å². The number of hydrogen-bond acceptors (Lipinski definition) is 5. The molecule has 0 aliphatic carbocycles. The summed E-state index contributed by atoms with van der Waals surface area (Å²) in [6.45, 7) is 2.20. The Morgan fingerprint density at radius 1 is 1.06 bits per heavy atom. The molecule has 3 aromatic rings. The van der Waals surface area contributed by atoms with Crippen LogP contribution in [0.1, 0.15) is 23.4 Å². The third-order valence-electron chi connectivity index (χ3n) is 4.64. The van der Waals surface area contributed by atoms with E-state index in [4.69, 9.17) is 0 Å². The van der Waals surface area contributed by atoms with Crippen molar-refractivity contribution in [1.82, 2.24) is 19.6 Å². The summed E-state index contributed by atoms with van der Waals surface area (Å²) in [6.07, 6.45) is 1.23. The highest BCUT2D eigenvalue weighted by atomic mass is 19.2. The van der Waals surface area contributed by atoms with E-state index in [1.807, 2.05) is 0 Å². The first kappa shape index (κ1) is 22.8. The maximum absolute atomic E-state index is 14.0. The molecule has 0 aliphatic rings. The molecule has 2 aromatic heterocycles. The summed E-state index contributed by atoms with van der Waals surface area (Å²) >= 11 is 0. The van der Waals surface area contributed by atoms with Crippen LogP contribution in [-0.4, -0.2) is 30.4 Å². The van der Waals surface area contributed by atoms with Gasteiger partial charge in [0.2, 0.25) is 11.7 Å². The lowest BCUT2D eigenvalue weighted by Crippen LogP contribution is -2.16. The van der Waals surface area contributed by atoms with E-state index in [1.54, 1.807) is 0 Å². The molecule has 1 aromatic carbocycles. The number of anilines is 1. The second kappa shape index (κ2) is 8.72. The Morgan fingerprint density at radius 3 is 2.22 bits per heavy atom. The average molecular weight is 458 g/mol. The van der Waals surface area contributed by atoms with Crippen LogP contribution in [-0.2, 0) is 17.9 Å². The fourth-order valence-corrected chi connectivity index (χ4v) is 2.96. The molecule has 0 spiro atoms. The van der Waals surface area contributed by atoms with Crippen molar-refractivity contribution in [3.63, 3.8) is 0 Å². The van der Waals surface area contributed by atoms with Crippen LogP contribution in [0.25, 0.3) is 0 Å². The molecule has 0 saturated heterocycles. The van der Waals surface area contributed by atoms with E-state index in [2.05, 4.69) is 15.5 Å². The summed E-state index contributed by atoms with van der Waals surface area (Å²) in [4.78, 5) is 22.2. The quantitative estimate of drug-likeness (QED) is 0.192. The van der Waals surface area contributed by atoms with Crippen molar-refractivity contribution >= 4 is 17.4 Å². The second-order valence-corrected chi connectivity index (χ2v) is 6.74. The van der Waals surface area contributed by atoms with E-state index >= 15 is 0 Å². The number of carbonyl (C=O) groups excluding carboxylic acids is 1. The van der Waals surface area contributed by atoms with Gasteiger partial charge < -0.3 is 15.4 Å². The summed E-state index contributed by atoms with van der Waals surface area (Å²) in [5, 5.41) is 20.9. The number of aromatic nitrogens is 4. The van der Waals surface area contributed by atoms with Crippen molar-refractivity contribution in [1.29, 1.82) is 0 Å². The zero-order valence-corrected chi connectivity index (χ0v) is 16.6. The van der Waals surface area contributed by atoms with Gasteiger partial charge in [-0.05, 0) is 18.8 Å². The average Bonchev–Trinajstić information content (AvgIpc) is 3.33. The van der Waals surface area contributed by atoms with Crippen molar-refractivity contribution in [2.24, 2.45) is 0 Å². The standard InChI is InChI=1S/C18H15F5N6O3/c1-8-18(24-12(30)4-6-27-5-3-11(26-27)29(31)32)9(2)28(25-8)7-10-13(19)15(21)17(23)16(22)14(10)20/h3,5H,4,6-7H2,1-2H3,(H,24,30). The van der Waals surface area contributed by atoms with Crippen LogP contribution < -0.4 is 5.32 Å². The van der Waals surface area contributed by atoms with Crippen LogP contribution in [0.2, 0.25) is 0 Å². The molecule has 9 nitrogen and oxygen atoms in total. The van der Waals surface area contributed by atoms with Crippen molar-refractivity contribution < 1.29 is 31.7 Å². The van der Waals surface area contributed by atoms with E-state index in [0.29, 0.717) is 0 Å². The molecule has 3 rings (SSSR count). The molecule has 0 saturated carbocycles. The molecule has 32 heavy (non-hydrogen) atoms. The molecule has 0 radical (unpaired) electrons. The number of nitrogens with one attached hydrogen (secondary N) is 1. The lowest BCUT2D eigenvalue weighted by molar-refractivity contribution is -0.389. The molecule has 1 N–H and O–H groups in total. The number of halogens is 5. The van der Waals surface area contributed by atoms with Crippen LogP contribution in [0.4, 0.5) is 33.5 Å². The van der Waals surface area contributed by atoms with Gasteiger partial charge in [-0.2, -0.15) is 9.78 Å². The van der Waals surface area contributed by atoms with E-state index in [9.17, 15) is 36.9 Å². The summed E-state index contributed by atoms with van der Waals surface area (Å²) in [6, 6.07) is 1.18. The third-order valence-corrected chi connectivity index (χ3v) is 4.64. The van der Waals surface area contributed by atoms with Gasteiger partial charge in [-0.3, -0.25) is 9.48 Å². The van der Waals surface area contributed by atoms with E-state index in [-0.39, 0.29) is 35.9 Å². The Morgan fingerprint density at radius 2 is 1.66 bits per heavy atom. The van der Waals surface area contributed by atoms with Crippen molar-refractivity contribution in [2.45, 2.75) is 33.4 Å². The lowest BCUT2D eigenvalue weighted by Gasteiger charge is -2.10. The lowest BCUT2D eigenvalue weighted by atomic mass is 10.1. The zero-order valence-electron chi connectivity index (χ0n) is 16.6. The minimum atomic E-state index is -2.26. The number of aryl methyl sites for hydroxylation is 2. The predicted molar refractivity (Wildman–Crippen MR) is 99.2 cm³/mol. The van der Waals surface area contributed by atoms with Gasteiger partial charge in [0.15, 0.2) is 23.3 Å². The second-order valence-electron chi connectivity index (χ2n) is 6.74. The van der Waals surface area contributed by atoms with Crippen LogP contribution >= 0.6 is 0 Å². The minimum absolute atomic E-state index is 0.0382. The smallest absolute Gasteiger partial charge is 0.358 e. The van der Waals surface area contributed by atoms with E-state index < -0.39 is 52.0 Å². The van der Waals surface area contributed by atoms with Gasteiger partial charge in [-0.1, -0.05) is 0 Å². The molecule has 0 aliphatic heterocycles. The first-order chi connectivity index (χ1) is 15.0. The molecule has 0 bridgehead atoms. The van der Waals surface area contributed by atoms with Gasteiger partial charge in [0.25, 0.3) is 0 Å². The highest BCUT2D eigenvalue weighted by Gasteiger charge is 2.27. The molecule has 2 heterocycles. The monoisotopic (exact) mass is 458 g/mol. The SMILES string of the molecule is Cc1nn(Cc2c(F)c(F)c(F)c(F)c2F)c(C)c1NC(=O)CCn1ccc([N+](=O)[O-])n1. The van der Waals surface area contributed by atoms with Gasteiger partial charge in [0.05, 0.1) is 53.1 Å². The first-order valence-corrected chi connectivity index (χ1v) is 9.03. The van der Waals surface area contributed by atoms with Gasteiger partial charge in [-0.15, -0.1) is 0 Å². The van der Waals surface area contributed by atoms with Gasteiger partial charge in [0.1, 0.15) is 0 Å². The number of hydrogen-bond donors (Lipinski definition) is 1. The van der Waals surface area contributed by atoms with Crippen LogP contribution in [0, 0.1) is 53.0 Å². The molecule has 0 unspecified atom stereocenters. The Labute approximate surface area is 176 Å². The summed E-state index contributed by atoms with van der Waals surface area (Å²) < 4.78 is 70.3. The minimum Gasteiger partial charge on any atom is -0.358 e. The highest BCUT2D eigenvalue weighted by Crippen LogP contribution is 2.26. The Kier molecular flexibility index (Phi) is 6.23. The summed E-state index contributed by atoms with van der Waals surface area (Å²) in [7, 11) is 0. The van der Waals surface area contributed by atoms with Crippen LogP contribution in [0.3, 0.4) is 0 Å². The normalized spacial score (nSPS) is 11.1. The Hall–Kier alpha value is -3.84. The molecule has 1 amide bonds. The summed E-state index contributed by atoms with van der Waals surface area (Å²) in [5.41, 5.74) is -0.403. The number of nitrogens with zero attached hydrogens (tertiary/aromatic N) is 5. The maximum atomic E-state index is 14.0. The van der Waals surface area contributed by atoms with E-state index in [1.165, 1.54) is 30.8 Å². The number of benzene rings is 1.